The Balaban J connectivity index is 1.96. The molecule has 0 unspecified atom stereocenters. The molecule has 5 nitrogen and oxygen atoms in total. The largest absolute Gasteiger partial charge is 0.354 e. The second-order valence-electron chi connectivity index (χ2n) is 6.59. The van der Waals surface area contributed by atoms with Gasteiger partial charge in [-0.3, -0.25) is 9.10 Å². The van der Waals surface area contributed by atoms with Crippen molar-refractivity contribution in [1.29, 1.82) is 0 Å². The zero-order chi connectivity index (χ0) is 20.0. The molecule has 1 amide bonds. The third-order valence-electron chi connectivity index (χ3n) is 4.23. The monoisotopic (exact) mass is 392 g/mol. The standard InChI is InChI=1S/C20H25FN2O3S/c1-15-6-12-19(13-7-15)23(27(3,25)26)16(2)20(24)22-14-4-5-17-8-10-18(21)11-9-17/h6-13,16H,4-5,14H2,1-3H3,(H,22,24)/t16-/m1/s1. The van der Waals surface area contributed by atoms with Crippen LogP contribution in [0.25, 0.3) is 0 Å². The van der Waals surface area contributed by atoms with Gasteiger partial charge in [-0.05, 0) is 56.5 Å². The fourth-order valence-electron chi connectivity index (χ4n) is 2.80. The third kappa shape index (κ3) is 6.06. The second kappa shape index (κ2) is 8.99. The summed E-state index contributed by atoms with van der Waals surface area (Å²) in [7, 11) is -3.62. The Kier molecular flexibility index (Phi) is 6.96. The van der Waals surface area contributed by atoms with Crippen molar-refractivity contribution < 1.29 is 17.6 Å². The van der Waals surface area contributed by atoms with Gasteiger partial charge in [0.05, 0.1) is 11.9 Å². The smallest absolute Gasteiger partial charge is 0.243 e. The maximum absolute atomic E-state index is 12.9. The van der Waals surface area contributed by atoms with Gasteiger partial charge in [0.2, 0.25) is 15.9 Å². The van der Waals surface area contributed by atoms with Crippen molar-refractivity contribution in [3.8, 4) is 0 Å². The zero-order valence-corrected chi connectivity index (χ0v) is 16.6. The summed E-state index contributed by atoms with van der Waals surface area (Å²) >= 11 is 0. The number of anilines is 1. The molecular formula is C20H25FN2O3S. The van der Waals surface area contributed by atoms with E-state index >= 15 is 0 Å². The van der Waals surface area contributed by atoms with E-state index in [1.807, 2.05) is 6.92 Å². The molecule has 0 aliphatic heterocycles. The number of benzene rings is 2. The predicted molar refractivity (Wildman–Crippen MR) is 106 cm³/mol. The van der Waals surface area contributed by atoms with Gasteiger partial charge < -0.3 is 5.32 Å². The number of carbonyl (C=O) groups is 1. The Morgan fingerprint density at radius 1 is 1.11 bits per heavy atom. The SMILES string of the molecule is Cc1ccc(N([C@H](C)C(=O)NCCCc2ccc(F)cc2)S(C)(=O)=O)cc1. The van der Waals surface area contributed by atoms with Gasteiger partial charge >= 0.3 is 0 Å². The molecule has 0 aliphatic carbocycles. The number of halogens is 1. The number of rotatable bonds is 8. The Morgan fingerprint density at radius 2 is 1.70 bits per heavy atom. The first-order valence-electron chi connectivity index (χ1n) is 8.76. The summed E-state index contributed by atoms with van der Waals surface area (Å²) in [6.07, 6.45) is 2.46. The molecule has 0 saturated carbocycles. The maximum Gasteiger partial charge on any atom is 0.243 e. The third-order valence-corrected chi connectivity index (χ3v) is 5.47. The summed E-state index contributed by atoms with van der Waals surface area (Å²) in [5.41, 5.74) is 2.44. The van der Waals surface area contributed by atoms with E-state index in [2.05, 4.69) is 5.32 Å². The average Bonchev–Trinajstić information content (AvgIpc) is 2.60. The van der Waals surface area contributed by atoms with Gasteiger partial charge in [-0.2, -0.15) is 0 Å². The van der Waals surface area contributed by atoms with Crippen LogP contribution in [0, 0.1) is 12.7 Å². The van der Waals surface area contributed by atoms with E-state index in [0.717, 1.165) is 21.7 Å². The lowest BCUT2D eigenvalue weighted by Gasteiger charge is -2.28. The van der Waals surface area contributed by atoms with Gasteiger partial charge in [0.15, 0.2) is 0 Å². The highest BCUT2D eigenvalue weighted by atomic mass is 32.2. The Bertz CT molecular complexity index is 865. The van der Waals surface area contributed by atoms with E-state index in [1.165, 1.54) is 12.1 Å². The quantitative estimate of drug-likeness (QED) is 0.702. The van der Waals surface area contributed by atoms with Gasteiger partial charge in [0.25, 0.3) is 0 Å². The van der Waals surface area contributed by atoms with Crippen LogP contribution in [0.1, 0.15) is 24.5 Å². The van der Waals surface area contributed by atoms with E-state index in [4.69, 9.17) is 0 Å². The van der Waals surface area contributed by atoms with Crippen molar-refractivity contribution in [2.75, 3.05) is 17.1 Å². The highest BCUT2D eigenvalue weighted by molar-refractivity contribution is 7.92. The van der Waals surface area contributed by atoms with Gasteiger partial charge in [-0.15, -0.1) is 0 Å². The molecule has 7 heteroatoms. The number of nitrogens with zero attached hydrogens (tertiary/aromatic N) is 1. The first-order valence-corrected chi connectivity index (χ1v) is 10.6. The van der Waals surface area contributed by atoms with E-state index < -0.39 is 16.1 Å². The molecule has 0 saturated heterocycles. The highest BCUT2D eigenvalue weighted by Crippen LogP contribution is 2.21. The lowest BCUT2D eigenvalue weighted by atomic mass is 10.1. The van der Waals surface area contributed by atoms with Crippen molar-refractivity contribution in [1.82, 2.24) is 5.32 Å². The normalized spacial score (nSPS) is 12.4. The van der Waals surface area contributed by atoms with Crippen LogP contribution in [0.3, 0.4) is 0 Å². The second-order valence-corrected chi connectivity index (χ2v) is 8.45. The summed E-state index contributed by atoms with van der Waals surface area (Å²) < 4.78 is 38.5. The molecule has 0 spiro atoms. The molecule has 2 aromatic carbocycles. The molecule has 1 N–H and O–H groups in total. The number of aryl methyl sites for hydroxylation is 2. The molecule has 0 heterocycles. The zero-order valence-electron chi connectivity index (χ0n) is 15.8. The van der Waals surface area contributed by atoms with Crippen LogP contribution in [0.15, 0.2) is 48.5 Å². The van der Waals surface area contributed by atoms with Crippen LogP contribution in [0.2, 0.25) is 0 Å². The van der Waals surface area contributed by atoms with E-state index in [-0.39, 0.29) is 11.7 Å². The topological polar surface area (TPSA) is 66.5 Å². The maximum atomic E-state index is 12.9. The van der Waals surface area contributed by atoms with Crippen LogP contribution in [-0.2, 0) is 21.2 Å². The summed E-state index contributed by atoms with van der Waals surface area (Å²) in [4.78, 5) is 12.5. The number of hydrogen-bond donors (Lipinski definition) is 1. The first-order chi connectivity index (χ1) is 12.7. The molecule has 2 rings (SSSR count). The van der Waals surface area contributed by atoms with E-state index in [0.29, 0.717) is 25.1 Å². The molecule has 1 atom stereocenters. The van der Waals surface area contributed by atoms with Crippen LogP contribution < -0.4 is 9.62 Å². The van der Waals surface area contributed by atoms with Crippen molar-refractivity contribution >= 4 is 21.6 Å². The van der Waals surface area contributed by atoms with E-state index in [1.54, 1.807) is 43.3 Å². The Labute approximate surface area is 160 Å². The highest BCUT2D eigenvalue weighted by Gasteiger charge is 2.28. The minimum atomic E-state index is -3.62. The lowest BCUT2D eigenvalue weighted by molar-refractivity contribution is -0.121. The molecule has 27 heavy (non-hydrogen) atoms. The van der Waals surface area contributed by atoms with Gasteiger partial charge in [0, 0.05) is 6.54 Å². The fourth-order valence-corrected chi connectivity index (χ4v) is 3.98. The summed E-state index contributed by atoms with van der Waals surface area (Å²) in [5.74, 6) is -0.641. The number of carbonyl (C=O) groups excluding carboxylic acids is 1. The molecule has 2 aromatic rings. The van der Waals surface area contributed by atoms with Crippen molar-refractivity contribution in [2.24, 2.45) is 0 Å². The van der Waals surface area contributed by atoms with Crippen LogP contribution in [-0.4, -0.2) is 33.2 Å². The molecular weight excluding hydrogens is 367 g/mol. The molecule has 0 bridgehead atoms. The van der Waals surface area contributed by atoms with Crippen molar-refractivity contribution in [3.05, 3.63) is 65.5 Å². The lowest BCUT2D eigenvalue weighted by Crippen LogP contribution is -2.48. The average molecular weight is 392 g/mol. The fraction of sp³-hybridized carbons (Fsp3) is 0.350. The predicted octanol–water partition coefficient (Wildman–Crippen LogP) is 3.04. The van der Waals surface area contributed by atoms with Gasteiger partial charge in [-0.1, -0.05) is 29.8 Å². The minimum absolute atomic E-state index is 0.280. The minimum Gasteiger partial charge on any atom is -0.354 e. The van der Waals surface area contributed by atoms with Crippen molar-refractivity contribution in [3.63, 3.8) is 0 Å². The van der Waals surface area contributed by atoms with Crippen LogP contribution in [0.4, 0.5) is 10.1 Å². The van der Waals surface area contributed by atoms with E-state index in [9.17, 15) is 17.6 Å². The number of amides is 1. The molecule has 0 aliphatic rings. The molecule has 0 fully saturated rings. The van der Waals surface area contributed by atoms with Crippen molar-refractivity contribution in [2.45, 2.75) is 32.7 Å². The number of sulfonamides is 1. The Morgan fingerprint density at radius 3 is 2.26 bits per heavy atom. The van der Waals surface area contributed by atoms with Gasteiger partial charge in [-0.25, -0.2) is 12.8 Å². The van der Waals surface area contributed by atoms with Crippen LogP contribution >= 0.6 is 0 Å². The summed E-state index contributed by atoms with van der Waals surface area (Å²) in [6.45, 7) is 3.88. The van der Waals surface area contributed by atoms with Gasteiger partial charge in [0.1, 0.15) is 11.9 Å². The van der Waals surface area contributed by atoms with Crippen LogP contribution in [0.5, 0.6) is 0 Å². The number of hydrogen-bond acceptors (Lipinski definition) is 3. The summed E-state index contributed by atoms with van der Waals surface area (Å²) in [5, 5.41) is 2.78. The Hall–Kier alpha value is -2.41. The molecule has 146 valence electrons. The molecule has 0 aromatic heterocycles. The summed E-state index contributed by atoms with van der Waals surface area (Å²) in [6, 6.07) is 12.4. The first kappa shape index (κ1) is 20.9. The molecule has 0 radical (unpaired) electrons. The number of nitrogens with one attached hydrogen (secondary N) is 1.